The van der Waals surface area contributed by atoms with Gasteiger partial charge in [-0.3, -0.25) is 0 Å². The van der Waals surface area contributed by atoms with E-state index in [0.29, 0.717) is 10.1 Å². The van der Waals surface area contributed by atoms with Gasteiger partial charge in [-0.2, -0.15) is 0 Å². The Labute approximate surface area is 107 Å². The van der Waals surface area contributed by atoms with Crippen LogP contribution in [-0.2, 0) is 6.61 Å². The van der Waals surface area contributed by atoms with Crippen molar-refractivity contribution in [2.75, 3.05) is 11.9 Å². The normalized spacial score (nSPS) is 10.4. The van der Waals surface area contributed by atoms with Crippen molar-refractivity contribution in [3.63, 3.8) is 0 Å². The molecule has 0 aliphatic heterocycles. The number of ether oxygens (including phenoxy) is 1. The Morgan fingerprint density at radius 3 is 2.83 bits per heavy atom. The average molecular weight is 271 g/mol. The summed E-state index contributed by atoms with van der Waals surface area (Å²) in [5.74, 6) is -1.57. The molecule has 1 aromatic carbocycles. The molecule has 0 spiro atoms. The number of anilines is 1. The van der Waals surface area contributed by atoms with E-state index in [1.807, 2.05) is 6.92 Å². The largest absolute Gasteiger partial charge is 0.486 e. The second kappa shape index (κ2) is 5.72. The first-order chi connectivity index (χ1) is 8.69. The predicted octanol–water partition coefficient (Wildman–Crippen LogP) is 2.83. The number of benzene rings is 1. The van der Waals surface area contributed by atoms with Crippen LogP contribution >= 0.6 is 11.3 Å². The van der Waals surface area contributed by atoms with Crippen molar-refractivity contribution in [2.45, 2.75) is 13.5 Å². The molecule has 0 fully saturated rings. The van der Waals surface area contributed by atoms with Gasteiger partial charge in [-0.25, -0.2) is 8.78 Å². The van der Waals surface area contributed by atoms with E-state index in [-0.39, 0.29) is 12.4 Å². The van der Waals surface area contributed by atoms with Crippen molar-refractivity contribution in [1.82, 2.24) is 10.2 Å². The quantitative estimate of drug-likeness (QED) is 0.908. The van der Waals surface area contributed by atoms with Gasteiger partial charge >= 0.3 is 0 Å². The molecule has 2 aromatic rings. The number of halogens is 2. The van der Waals surface area contributed by atoms with Crippen molar-refractivity contribution in [2.24, 2.45) is 0 Å². The molecule has 1 heterocycles. The van der Waals surface area contributed by atoms with E-state index in [1.54, 1.807) is 0 Å². The molecule has 1 N–H and O–H groups in total. The van der Waals surface area contributed by atoms with Crippen LogP contribution in [0.4, 0.5) is 13.9 Å². The van der Waals surface area contributed by atoms with E-state index < -0.39 is 11.6 Å². The lowest BCUT2D eigenvalue weighted by molar-refractivity contribution is 0.301. The molecule has 4 nitrogen and oxygen atoms in total. The summed E-state index contributed by atoms with van der Waals surface area (Å²) in [6.45, 7) is 2.89. The summed E-state index contributed by atoms with van der Waals surface area (Å²) in [5, 5.41) is 12.2. The first-order valence-electron chi connectivity index (χ1n) is 5.33. The predicted molar refractivity (Wildman–Crippen MR) is 64.8 cm³/mol. The van der Waals surface area contributed by atoms with Gasteiger partial charge in [0.25, 0.3) is 0 Å². The molecule has 0 atom stereocenters. The highest BCUT2D eigenvalue weighted by Gasteiger charge is 2.06. The lowest BCUT2D eigenvalue weighted by Gasteiger charge is -2.03. The molecule has 0 aliphatic carbocycles. The highest BCUT2D eigenvalue weighted by Crippen LogP contribution is 2.19. The van der Waals surface area contributed by atoms with Crippen LogP contribution in [0.15, 0.2) is 18.2 Å². The molecule has 0 saturated heterocycles. The molecule has 18 heavy (non-hydrogen) atoms. The number of aromatic nitrogens is 2. The van der Waals surface area contributed by atoms with Crippen LogP contribution in [0.5, 0.6) is 5.75 Å². The molecular weight excluding hydrogens is 260 g/mol. The Hall–Kier alpha value is -1.76. The fourth-order valence-corrected chi connectivity index (χ4v) is 1.97. The maximum absolute atomic E-state index is 12.9. The van der Waals surface area contributed by atoms with Crippen molar-refractivity contribution < 1.29 is 13.5 Å². The molecule has 0 radical (unpaired) electrons. The second-order valence-electron chi connectivity index (χ2n) is 3.40. The monoisotopic (exact) mass is 271 g/mol. The molecule has 0 amide bonds. The van der Waals surface area contributed by atoms with Crippen LogP contribution in [0.3, 0.4) is 0 Å². The van der Waals surface area contributed by atoms with E-state index in [2.05, 4.69) is 15.5 Å². The summed E-state index contributed by atoms with van der Waals surface area (Å²) in [5.41, 5.74) is 0. The lowest BCUT2D eigenvalue weighted by Crippen LogP contribution is -1.96. The number of nitrogens with zero attached hydrogens (tertiary/aromatic N) is 2. The molecule has 0 unspecified atom stereocenters. The highest BCUT2D eigenvalue weighted by molar-refractivity contribution is 7.15. The van der Waals surface area contributed by atoms with Crippen LogP contribution in [0.1, 0.15) is 11.9 Å². The maximum Gasteiger partial charge on any atom is 0.205 e. The number of rotatable bonds is 5. The lowest BCUT2D eigenvalue weighted by atomic mass is 10.3. The zero-order valence-electron chi connectivity index (χ0n) is 9.61. The fraction of sp³-hybridized carbons (Fsp3) is 0.273. The van der Waals surface area contributed by atoms with Crippen LogP contribution in [0.25, 0.3) is 0 Å². The standard InChI is InChI=1S/C11H11F2N3OS/c1-2-14-11-16-15-10(18-11)6-17-7-3-4-8(12)9(13)5-7/h3-5H,2,6H2,1H3,(H,14,16). The van der Waals surface area contributed by atoms with Crippen molar-refractivity contribution in [3.05, 3.63) is 34.8 Å². The van der Waals surface area contributed by atoms with Crippen LogP contribution in [0.2, 0.25) is 0 Å². The summed E-state index contributed by atoms with van der Waals surface area (Å²) < 4.78 is 30.9. The van der Waals surface area contributed by atoms with Crippen LogP contribution in [0, 0.1) is 11.6 Å². The Bertz CT molecular complexity index is 533. The van der Waals surface area contributed by atoms with Crippen molar-refractivity contribution >= 4 is 16.5 Å². The molecule has 1 aromatic heterocycles. The first kappa shape index (κ1) is 12.7. The van der Waals surface area contributed by atoms with Gasteiger partial charge in [0, 0.05) is 12.6 Å². The third-order valence-corrected chi connectivity index (χ3v) is 2.90. The van der Waals surface area contributed by atoms with Gasteiger partial charge in [0.2, 0.25) is 5.13 Å². The molecule has 2 rings (SSSR count). The number of nitrogens with one attached hydrogen (secondary N) is 1. The number of hydrogen-bond acceptors (Lipinski definition) is 5. The second-order valence-corrected chi connectivity index (χ2v) is 4.46. The molecule has 0 bridgehead atoms. The third kappa shape index (κ3) is 3.13. The zero-order chi connectivity index (χ0) is 13.0. The Kier molecular flexibility index (Phi) is 4.03. The molecule has 0 aliphatic rings. The fourth-order valence-electron chi connectivity index (χ4n) is 1.25. The van der Waals surface area contributed by atoms with Gasteiger partial charge < -0.3 is 10.1 Å². The topological polar surface area (TPSA) is 47.0 Å². The minimum Gasteiger partial charge on any atom is -0.486 e. The minimum absolute atomic E-state index is 0.175. The summed E-state index contributed by atoms with van der Waals surface area (Å²) in [4.78, 5) is 0. The van der Waals surface area contributed by atoms with E-state index in [1.165, 1.54) is 17.4 Å². The van der Waals surface area contributed by atoms with E-state index in [4.69, 9.17) is 4.74 Å². The van der Waals surface area contributed by atoms with Gasteiger partial charge in [0.1, 0.15) is 12.4 Å². The first-order valence-corrected chi connectivity index (χ1v) is 6.14. The SMILES string of the molecule is CCNc1nnc(COc2ccc(F)c(F)c2)s1. The van der Waals surface area contributed by atoms with Crippen molar-refractivity contribution in [3.8, 4) is 5.75 Å². The molecular formula is C11H11F2N3OS. The van der Waals surface area contributed by atoms with E-state index in [9.17, 15) is 8.78 Å². The van der Waals surface area contributed by atoms with Gasteiger partial charge in [-0.05, 0) is 19.1 Å². The smallest absolute Gasteiger partial charge is 0.205 e. The Balaban J connectivity index is 1.95. The van der Waals surface area contributed by atoms with Gasteiger partial charge in [-0.15, -0.1) is 10.2 Å². The van der Waals surface area contributed by atoms with Gasteiger partial charge in [0.05, 0.1) is 0 Å². The molecule has 0 saturated carbocycles. The number of hydrogen-bond donors (Lipinski definition) is 1. The minimum atomic E-state index is -0.932. The average Bonchev–Trinajstić information content (AvgIpc) is 2.79. The Morgan fingerprint density at radius 2 is 2.11 bits per heavy atom. The van der Waals surface area contributed by atoms with E-state index >= 15 is 0 Å². The van der Waals surface area contributed by atoms with Crippen LogP contribution < -0.4 is 10.1 Å². The van der Waals surface area contributed by atoms with Crippen LogP contribution in [-0.4, -0.2) is 16.7 Å². The summed E-state index contributed by atoms with van der Waals surface area (Å²) in [6.07, 6.45) is 0. The van der Waals surface area contributed by atoms with E-state index in [0.717, 1.165) is 18.7 Å². The summed E-state index contributed by atoms with van der Waals surface area (Å²) in [7, 11) is 0. The molecule has 96 valence electrons. The summed E-state index contributed by atoms with van der Waals surface area (Å²) in [6, 6.07) is 3.39. The third-order valence-electron chi connectivity index (χ3n) is 2.05. The highest BCUT2D eigenvalue weighted by atomic mass is 32.1. The Morgan fingerprint density at radius 1 is 1.28 bits per heavy atom. The molecule has 7 heteroatoms. The maximum atomic E-state index is 12.9. The zero-order valence-corrected chi connectivity index (χ0v) is 10.4. The van der Waals surface area contributed by atoms with Crippen molar-refractivity contribution in [1.29, 1.82) is 0 Å². The summed E-state index contributed by atoms with van der Waals surface area (Å²) >= 11 is 1.36. The van der Waals surface area contributed by atoms with Gasteiger partial charge in [0.15, 0.2) is 16.6 Å². The van der Waals surface area contributed by atoms with Gasteiger partial charge in [-0.1, -0.05) is 11.3 Å².